The van der Waals surface area contributed by atoms with Crippen molar-refractivity contribution >= 4 is 34.2 Å². The minimum Gasteiger partial charge on any atom is -0.394 e. The monoisotopic (exact) mass is 434 g/mol. The molecule has 1 saturated heterocycles. The lowest BCUT2D eigenvalue weighted by Gasteiger charge is -2.47. The molecule has 1 atom stereocenters. The van der Waals surface area contributed by atoms with E-state index >= 15 is 0 Å². The molecule has 0 aromatic carbocycles. The lowest BCUT2D eigenvalue weighted by Crippen LogP contribution is -2.56. The van der Waals surface area contributed by atoms with Crippen LogP contribution in [0.1, 0.15) is 43.8 Å². The average Bonchev–Trinajstić information content (AvgIpc) is 3.05. The normalized spacial score (nSPS) is 23.7. The van der Waals surface area contributed by atoms with E-state index in [1.807, 2.05) is 0 Å². The lowest BCUT2D eigenvalue weighted by atomic mass is 9.76. The quantitative estimate of drug-likeness (QED) is 0.781. The minimum absolute atomic E-state index is 0.0719. The van der Waals surface area contributed by atoms with E-state index < -0.39 is 10.8 Å². The number of aliphatic hydroxyl groups is 1. The number of aliphatic hydroxyl groups excluding tert-OH is 1. The number of anilines is 2. The highest BCUT2D eigenvalue weighted by atomic mass is 35.5. The number of halogens is 1. The van der Waals surface area contributed by atoms with Gasteiger partial charge in [-0.1, -0.05) is 11.6 Å². The summed E-state index contributed by atoms with van der Waals surface area (Å²) >= 11 is 5.88. The van der Waals surface area contributed by atoms with Crippen molar-refractivity contribution in [3.05, 3.63) is 29.4 Å². The van der Waals surface area contributed by atoms with Crippen LogP contribution < -0.4 is 9.80 Å². The third kappa shape index (κ3) is 3.29. The maximum absolute atomic E-state index is 12.6. The Balaban J connectivity index is 1.34. The highest BCUT2D eigenvalue weighted by Gasteiger charge is 2.47. The van der Waals surface area contributed by atoms with Crippen LogP contribution in [-0.4, -0.2) is 60.4 Å². The van der Waals surface area contributed by atoms with Gasteiger partial charge in [0, 0.05) is 25.2 Å². The van der Waals surface area contributed by atoms with Crippen LogP contribution in [0.4, 0.5) is 11.8 Å². The summed E-state index contributed by atoms with van der Waals surface area (Å²) in [6.07, 6.45) is 9.68. The fourth-order valence-corrected chi connectivity index (χ4v) is 5.84. The summed E-state index contributed by atoms with van der Waals surface area (Å²) in [6.45, 7) is 1.72. The molecular formula is C19H23ClN6O2S. The fourth-order valence-electron chi connectivity index (χ4n) is 4.44. The number of hydrogen-bond acceptors (Lipinski definition) is 8. The van der Waals surface area contributed by atoms with Crippen LogP contribution in [0.25, 0.3) is 0 Å². The molecule has 2 aliphatic heterocycles. The van der Waals surface area contributed by atoms with Gasteiger partial charge in [0.25, 0.3) is 0 Å². The first-order valence-corrected chi connectivity index (χ1v) is 11.7. The maximum atomic E-state index is 12.6. The van der Waals surface area contributed by atoms with Gasteiger partial charge in [0.2, 0.25) is 5.95 Å². The van der Waals surface area contributed by atoms with E-state index in [1.165, 1.54) is 0 Å². The minimum atomic E-state index is -1.14. The second-order valence-electron chi connectivity index (χ2n) is 8.02. The molecule has 154 valence electrons. The molecule has 0 bridgehead atoms. The van der Waals surface area contributed by atoms with Gasteiger partial charge in [-0.15, -0.1) is 0 Å². The summed E-state index contributed by atoms with van der Waals surface area (Å²) in [7, 11) is -1.14. The summed E-state index contributed by atoms with van der Waals surface area (Å²) in [5.74, 6) is 2.90. The number of piperidine rings is 1. The van der Waals surface area contributed by atoms with Crippen LogP contribution >= 0.6 is 11.6 Å². The molecule has 3 aliphatic rings. The van der Waals surface area contributed by atoms with Gasteiger partial charge in [-0.05, 0) is 32.1 Å². The van der Waals surface area contributed by atoms with Gasteiger partial charge in [0.05, 0.1) is 40.4 Å². The van der Waals surface area contributed by atoms with E-state index in [9.17, 15) is 9.32 Å². The van der Waals surface area contributed by atoms with Crippen molar-refractivity contribution < 1.29 is 9.32 Å². The van der Waals surface area contributed by atoms with Crippen molar-refractivity contribution in [2.75, 3.05) is 35.4 Å². The van der Waals surface area contributed by atoms with Crippen molar-refractivity contribution in [3.63, 3.8) is 0 Å². The van der Waals surface area contributed by atoms with Gasteiger partial charge in [-0.25, -0.2) is 19.9 Å². The molecule has 29 heavy (non-hydrogen) atoms. The molecule has 1 N–H and O–H groups in total. The smallest absolute Gasteiger partial charge is 0.225 e. The molecule has 0 radical (unpaired) electrons. The first kappa shape index (κ1) is 19.1. The zero-order valence-corrected chi connectivity index (χ0v) is 17.6. The molecule has 8 nitrogen and oxygen atoms in total. The Morgan fingerprint density at radius 2 is 1.90 bits per heavy atom. The van der Waals surface area contributed by atoms with Crippen LogP contribution in [-0.2, 0) is 10.8 Å². The van der Waals surface area contributed by atoms with Gasteiger partial charge in [0.1, 0.15) is 22.4 Å². The second kappa shape index (κ2) is 7.45. The predicted molar refractivity (Wildman–Crippen MR) is 111 cm³/mol. The molecule has 5 rings (SSSR count). The highest BCUT2D eigenvalue weighted by molar-refractivity contribution is 7.85. The fraction of sp³-hybridized carbons (Fsp3) is 0.579. The van der Waals surface area contributed by atoms with E-state index in [0.29, 0.717) is 21.7 Å². The third-order valence-electron chi connectivity index (χ3n) is 6.40. The summed E-state index contributed by atoms with van der Waals surface area (Å²) in [6, 6.07) is 0. The Bertz CT molecular complexity index is 925. The van der Waals surface area contributed by atoms with Crippen molar-refractivity contribution in [3.8, 4) is 0 Å². The van der Waals surface area contributed by atoms with Crippen molar-refractivity contribution in [2.24, 2.45) is 0 Å². The first-order chi connectivity index (χ1) is 14.1. The van der Waals surface area contributed by atoms with E-state index in [1.54, 1.807) is 18.6 Å². The highest BCUT2D eigenvalue weighted by Crippen LogP contribution is 2.44. The van der Waals surface area contributed by atoms with Gasteiger partial charge in [-0.2, -0.15) is 0 Å². The number of nitrogens with zero attached hydrogens (tertiary/aromatic N) is 6. The molecule has 1 aliphatic carbocycles. The third-order valence-corrected chi connectivity index (χ3v) is 7.87. The van der Waals surface area contributed by atoms with Crippen molar-refractivity contribution in [1.29, 1.82) is 0 Å². The van der Waals surface area contributed by atoms with Crippen molar-refractivity contribution in [1.82, 2.24) is 19.9 Å². The molecule has 0 spiro atoms. The van der Waals surface area contributed by atoms with E-state index in [2.05, 4.69) is 24.8 Å². The molecule has 2 fully saturated rings. The van der Waals surface area contributed by atoms with Gasteiger partial charge < -0.3 is 14.9 Å². The molecule has 0 unspecified atom stereocenters. The molecule has 10 heteroatoms. The molecule has 4 heterocycles. The van der Waals surface area contributed by atoms with Crippen LogP contribution in [0.15, 0.2) is 23.5 Å². The van der Waals surface area contributed by atoms with Crippen LogP contribution in [0, 0.1) is 0 Å². The topological polar surface area (TPSA) is 95.3 Å². The van der Waals surface area contributed by atoms with Gasteiger partial charge in [-0.3, -0.25) is 4.21 Å². The Labute approximate surface area is 176 Å². The Hall–Kier alpha value is -1.84. The van der Waals surface area contributed by atoms with E-state index in [-0.39, 0.29) is 18.1 Å². The lowest BCUT2D eigenvalue weighted by molar-refractivity contribution is 0.119. The predicted octanol–water partition coefficient (Wildman–Crippen LogP) is 2.10. The summed E-state index contributed by atoms with van der Waals surface area (Å²) < 4.78 is 12.6. The molecule has 0 amide bonds. The maximum Gasteiger partial charge on any atom is 0.225 e. The van der Waals surface area contributed by atoms with Crippen molar-refractivity contribution in [2.45, 2.75) is 48.5 Å². The van der Waals surface area contributed by atoms with Gasteiger partial charge in [0.15, 0.2) is 0 Å². The molecular weight excluding hydrogens is 412 g/mol. The number of aromatic nitrogens is 4. The Morgan fingerprint density at radius 3 is 2.52 bits per heavy atom. The van der Waals surface area contributed by atoms with Crippen LogP contribution in [0.3, 0.4) is 0 Å². The summed E-state index contributed by atoms with van der Waals surface area (Å²) in [4.78, 5) is 22.9. The van der Waals surface area contributed by atoms with Gasteiger partial charge >= 0.3 is 0 Å². The molecule has 1 saturated carbocycles. The number of fused-ring (bicyclic) bond motifs is 1. The molecule has 2 aromatic rings. The second-order valence-corrected chi connectivity index (χ2v) is 9.84. The summed E-state index contributed by atoms with van der Waals surface area (Å²) in [5.41, 5.74) is -0.304. The zero-order chi connectivity index (χ0) is 20.0. The largest absolute Gasteiger partial charge is 0.394 e. The Kier molecular flexibility index (Phi) is 4.92. The zero-order valence-electron chi connectivity index (χ0n) is 16.0. The van der Waals surface area contributed by atoms with Crippen LogP contribution in [0.5, 0.6) is 0 Å². The SMILES string of the molecule is O=[S@@]1CN(C2(CO)CCC2)c2nc(C3CCN(c4ncc(Cl)cn4)CC3)ncc21. The average molecular weight is 435 g/mol. The standard InChI is InChI=1S/C19H23ClN6O2S/c20-14-8-22-18(23-9-14)25-6-2-13(3-7-25)16-21-10-15-17(24-16)26(12-29(15)28)19(11-27)4-1-5-19/h8-10,13,27H,1-7,11-12H2/t29-/m1/s1. The van der Waals surface area contributed by atoms with Crippen LogP contribution in [0.2, 0.25) is 5.02 Å². The Morgan fingerprint density at radius 1 is 1.17 bits per heavy atom. The first-order valence-electron chi connectivity index (χ1n) is 9.96. The number of hydrogen-bond donors (Lipinski definition) is 1. The molecule has 2 aromatic heterocycles. The number of rotatable bonds is 4. The summed E-state index contributed by atoms with van der Waals surface area (Å²) in [5, 5.41) is 10.5. The van der Waals surface area contributed by atoms with E-state index in [4.69, 9.17) is 16.6 Å². The van der Waals surface area contributed by atoms with E-state index in [0.717, 1.165) is 56.8 Å².